The summed E-state index contributed by atoms with van der Waals surface area (Å²) in [5.41, 5.74) is 1.41. The summed E-state index contributed by atoms with van der Waals surface area (Å²) < 4.78 is 0. The Balaban J connectivity index is 2.00. The zero-order valence-electron chi connectivity index (χ0n) is 13.9. The van der Waals surface area contributed by atoms with Crippen LogP contribution in [-0.2, 0) is 0 Å². The van der Waals surface area contributed by atoms with Gasteiger partial charge in [0, 0.05) is 12.1 Å². The summed E-state index contributed by atoms with van der Waals surface area (Å²) in [5.74, 6) is 0.813. The zero-order valence-corrected chi connectivity index (χ0v) is 13.9. The van der Waals surface area contributed by atoms with Gasteiger partial charge in [-0.05, 0) is 42.5 Å². The van der Waals surface area contributed by atoms with Crippen LogP contribution in [0.25, 0.3) is 10.8 Å². The highest BCUT2D eigenvalue weighted by Crippen LogP contribution is 2.24. The van der Waals surface area contributed by atoms with Crippen LogP contribution in [0.15, 0.2) is 42.5 Å². The quantitative estimate of drug-likeness (QED) is 0.686. The molecular weight excluding hydrogens is 254 g/mol. The van der Waals surface area contributed by atoms with E-state index in [0.717, 1.165) is 5.92 Å². The van der Waals surface area contributed by atoms with Crippen molar-refractivity contribution in [3.05, 3.63) is 48.0 Å². The second kappa shape index (κ2) is 7.61. The number of fused-ring (bicyclic) bond motifs is 1. The highest BCUT2D eigenvalue weighted by molar-refractivity contribution is 5.86. The molecule has 0 fully saturated rings. The van der Waals surface area contributed by atoms with Gasteiger partial charge in [0.25, 0.3) is 0 Å². The summed E-state index contributed by atoms with van der Waals surface area (Å²) in [5, 5.41) is 6.46. The Labute approximate surface area is 129 Å². The molecule has 2 atom stereocenters. The van der Waals surface area contributed by atoms with Crippen LogP contribution in [0.4, 0.5) is 0 Å². The van der Waals surface area contributed by atoms with Gasteiger partial charge in [-0.25, -0.2) is 0 Å². The molecule has 1 nitrogen and oxygen atoms in total. The fourth-order valence-corrected chi connectivity index (χ4v) is 3.06. The molecule has 114 valence electrons. The van der Waals surface area contributed by atoms with Crippen molar-refractivity contribution in [2.24, 2.45) is 5.92 Å². The molecule has 0 saturated carbocycles. The molecule has 2 rings (SSSR count). The molecule has 1 N–H and O–H groups in total. The van der Waals surface area contributed by atoms with Crippen molar-refractivity contribution >= 4 is 10.8 Å². The molecule has 21 heavy (non-hydrogen) atoms. The molecule has 2 unspecified atom stereocenters. The molecule has 0 spiro atoms. The molecule has 0 saturated heterocycles. The zero-order chi connectivity index (χ0) is 15.2. The number of hydrogen-bond donors (Lipinski definition) is 1. The molecule has 0 aliphatic carbocycles. The maximum atomic E-state index is 3.76. The minimum atomic E-state index is 0.394. The summed E-state index contributed by atoms with van der Waals surface area (Å²) >= 11 is 0. The first kappa shape index (κ1) is 16.0. The Morgan fingerprint density at radius 1 is 0.857 bits per heavy atom. The van der Waals surface area contributed by atoms with Crippen LogP contribution in [0.3, 0.4) is 0 Å². The molecule has 0 aliphatic heterocycles. The van der Waals surface area contributed by atoms with Gasteiger partial charge in [-0.3, -0.25) is 0 Å². The van der Waals surface area contributed by atoms with Crippen molar-refractivity contribution in [1.82, 2.24) is 5.32 Å². The van der Waals surface area contributed by atoms with E-state index in [4.69, 9.17) is 0 Å². The third-order valence-electron chi connectivity index (χ3n) is 4.24. The van der Waals surface area contributed by atoms with Gasteiger partial charge in [-0.15, -0.1) is 0 Å². The minimum Gasteiger partial charge on any atom is -0.308 e. The number of benzene rings is 2. The molecule has 0 aromatic heterocycles. The maximum Gasteiger partial charge on any atom is 0.0300 e. The van der Waals surface area contributed by atoms with Crippen LogP contribution in [0.2, 0.25) is 0 Å². The lowest BCUT2D eigenvalue weighted by Gasteiger charge is -2.22. The minimum absolute atomic E-state index is 0.394. The van der Waals surface area contributed by atoms with E-state index in [9.17, 15) is 0 Å². The van der Waals surface area contributed by atoms with Gasteiger partial charge < -0.3 is 5.32 Å². The van der Waals surface area contributed by atoms with Gasteiger partial charge in [-0.1, -0.05) is 69.2 Å². The molecule has 0 bridgehead atoms. The Kier molecular flexibility index (Phi) is 5.81. The van der Waals surface area contributed by atoms with Crippen LogP contribution >= 0.6 is 0 Å². The molecular formula is C20H29N. The lowest BCUT2D eigenvalue weighted by molar-refractivity contribution is 0.425. The van der Waals surface area contributed by atoms with Crippen molar-refractivity contribution in [1.29, 1.82) is 0 Å². The van der Waals surface area contributed by atoms with Crippen molar-refractivity contribution in [2.45, 2.75) is 59.0 Å². The van der Waals surface area contributed by atoms with Crippen molar-refractivity contribution < 1.29 is 0 Å². The number of hydrogen-bond acceptors (Lipinski definition) is 1. The van der Waals surface area contributed by atoms with Crippen LogP contribution in [0, 0.1) is 5.92 Å². The highest BCUT2D eigenvalue weighted by Gasteiger charge is 2.12. The molecule has 0 heterocycles. The van der Waals surface area contributed by atoms with Crippen molar-refractivity contribution in [3.8, 4) is 0 Å². The SMILES string of the molecule is CC(C)CCCC(C)NC(C)c1cccc2ccccc12. The van der Waals surface area contributed by atoms with E-state index < -0.39 is 0 Å². The summed E-state index contributed by atoms with van der Waals surface area (Å²) in [6, 6.07) is 16.2. The van der Waals surface area contributed by atoms with Crippen LogP contribution in [0.5, 0.6) is 0 Å². The van der Waals surface area contributed by atoms with E-state index in [2.05, 4.69) is 75.5 Å². The highest BCUT2D eigenvalue weighted by atomic mass is 14.9. The number of nitrogens with one attached hydrogen (secondary N) is 1. The Morgan fingerprint density at radius 2 is 1.57 bits per heavy atom. The average Bonchev–Trinajstić information content (AvgIpc) is 2.46. The van der Waals surface area contributed by atoms with Crippen molar-refractivity contribution in [3.63, 3.8) is 0 Å². The first-order chi connectivity index (χ1) is 10.1. The second-order valence-corrected chi connectivity index (χ2v) is 6.68. The van der Waals surface area contributed by atoms with E-state index in [0.29, 0.717) is 12.1 Å². The predicted molar refractivity (Wildman–Crippen MR) is 93.6 cm³/mol. The smallest absolute Gasteiger partial charge is 0.0300 e. The molecule has 0 amide bonds. The third kappa shape index (κ3) is 4.57. The van der Waals surface area contributed by atoms with Gasteiger partial charge in [0.2, 0.25) is 0 Å². The lowest BCUT2D eigenvalue weighted by atomic mass is 9.98. The van der Waals surface area contributed by atoms with E-state index >= 15 is 0 Å². The van der Waals surface area contributed by atoms with Gasteiger partial charge in [0.05, 0.1) is 0 Å². The summed E-state index contributed by atoms with van der Waals surface area (Å²) in [6.07, 6.45) is 3.90. The third-order valence-corrected chi connectivity index (χ3v) is 4.24. The topological polar surface area (TPSA) is 12.0 Å². The fraction of sp³-hybridized carbons (Fsp3) is 0.500. The van der Waals surface area contributed by atoms with E-state index in [1.807, 2.05) is 0 Å². The molecule has 2 aromatic carbocycles. The van der Waals surface area contributed by atoms with Crippen LogP contribution < -0.4 is 5.32 Å². The molecule has 1 heteroatoms. The van der Waals surface area contributed by atoms with Gasteiger partial charge in [0.15, 0.2) is 0 Å². The number of rotatable bonds is 7. The summed E-state index contributed by atoms with van der Waals surface area (Å²) in [4.78, 5) is 0. The Bertz CT molecular complexity index is 553. The predicted octanol–water partition coefficient (Wildman–Crippen LogP) is 5.71. The van der Waals surface area contributed by atoms with Gasteiger partial charge in [-0.2, -0.15) is 0 Å². The lowest BCUT2D eigenvalue weighted by Crippen LogP contribution is -2.29. The first-order valence-corrected chi connectivity index (χ1v) is 8.31. The molecule has 0 radical (unpaired) electrons. The van der Waals surface area contributed by atoms with E-state index in [-0.39, 0.29) is 0 Å². The first-order valence-electron chi connectivity index (χ1n) is 8.31. The summed E-state index contributed by atoms with van der Waals surface area (Å²) in [6.45, 7) is 9.19. The van der Waals surface area contributed by atoms with Gasteiger partial charge >= 0.3 is 0 Å². The Hall–Kier alpha value is -1.34. The Morgan fingerprint density at radius 3 is 2.33 bits per heavy atom. The van der Waals surface area contributed by atoms with Crippen molar-refractivity contribution in [2.75, 3.05) is 0 Å². The van der Waals surface area contributed by atoms with Gasteiger partial charge in [0.1, 0.15) is 0 Å². The normalized spacial score (nSPS) is 14.5. The largest absolute Gasteiger partial charge is 0.308 e. The fourth-order valence-electron chi connectivity index (χ4n) is 3.06. The van der Waals surface area contributed by atoms with Crippen LogP contribution in [0.1, 0.15) is 58.6 Å². The molecule has 0 aliphatic rings. The maximum absolute atomic E-state index is 3.76. The average molecular weight is 283 g/mol. The standard InChI is InChI=1S/C20H29N/c1-15(2)9-7-10-16(3)21-17(4)19-14-8-12-18-11-5-6-13-20(18)19/h5-6,8,11-17,21H,7,9-10H2,1-4H3. The summed E-state index contributed by atoms with van der Waals surface area (Å²) in [7, 11) is 0. The molecule has 2 aromatic rings. The van der Waals surface area contributed by atoms with Crippen LogP contribution in [-0.4, -0.2) is 6.04 Å². The van der Waals surface area contributed by atoms with E-state index in [1.165, 1.54) is 35.6 Å². The second-order valence-electron chi connectivity index (χ2n) is 6.68. The monoisotopic (exact) mass is 283 g/mol. The van der Waals surface area contributed by atoms with E-state index in [1.54, 1.807) is 0 Å².